The van der Waals surface area contributed by atoms with E-state index in [0.717, 1.165) is 18.4 Å². The molecular formula is C15H21NO3. The van der Waals surface area contributed by atoms with E-state index in [1.54, 1.807) is 0 Å². The van der Waals surface area contributed by atoms with Crippen LogP contribution in [0.1, 0.15) is 37.4 Å². The average molecular weight is 263 g/mol. The minimum Gasteiger partial charge on any atom is -0.469 e. The minimum atomic E-state index is -0.591. The molecule has 4 heteroatoms. The van der Waals surface area contributed by atoms with Crippen LogP contribution in [0.25, 0.3) is 0 Å². The van der Waals surface area contributed by atoms with Gasteiger partial charge in [0, 0.05) is 18.5 Å². The van der Waals surface area contributed by atoms with E-state index in [1.165, 1.54) is 7.11 Å². The Kier molecular flexibility index (Phi) is 4.93. The Bertz CT molecular complexity index is 403. The van der Waals surface area contributed by atoms with E-state index in [1.807, 2.05) is 30.3 Å². The maximum Gasteiger partial charge on any atom is 0.305 e. The Morgan fingerprint density at radius 1 is 1.42 bits per heavy atom. The Hall–Kier alpha value is -1.39. The van der Waals surface area contributed by atoms with Gasteiger partial charge in [0.2, 0.25) is 0 Å². The summed E-state index contributed by atoms with van der Waals surface area (Å²) in [6.07, 6.45) is 2.61. The molecule has 1 aromatic rings. The van der Waals surface area contributed by atoms with Gasteiger partial charge >= 0.3 is 5.97 Å². The highest BCUT2D eigenvalue weighted by Gasteiger charge is 2.29. The first-order valence-electron chi connectivity index (χ1n) is 6.76. The SMILES string of the molecule is COC(=O)CCC(NC1CC1)C(O)c1ccccc1. The van der Waals surface area contributed by atoms with Crippen molar-refractivity contribution in [3.8, 4) is 0 Å². The number of carbonyl (C=O) groups excluding carboxylic acids is 1. The fourth-order valence-corrected chi connectivity index (χ4v) is 2.14. The summed E-state index contributed by atoms with van der Waals surface area (Å²) in [6, 6.07) is 9.94. The van der Waals surface area contributed by atoms with Gasteiger partial charge in [-0.3, -0.25) is 4.79 Å². The number of carbonyl (C=O) groups is 1. The van der Waals surface area contributed by atoms with Crippen LogP contribution >= 0.6 is 0 Å². The average Bonchev–Trinajstić information content (AvgIpc) is 3.27. The summed E-state index contributed by atoms with van der Waals surface area (Å²) in [5, 5.41) is 13.8. The monoisotopic (exact) mass is 263 g/mol. The molecule has 1 aliphatic carbocycles. The second kappa shape index (κ2) is 6.68. The molecule has 1 aliphatic rings. The standard InChI is InChI=1S/C15H21NO3/c1-19-14(17)10-9-13(16-12-7-8-12)15(18)11-5-3-2-4-6-11/h2-6,12-13,15-16,18H,7-10H2,1H3. The number of methoxy groups -OCH3 is 1. The van der Waals surface area contributed by atoms with Gasteiger partial charge in [-0.2, -0.15) is 0 Å². The first-order valence-corrected chi connectivity index (χ1v) is 6.76. The van der Waals surface area contributed by atoms with Crippen molar-refractivity contribution in [1.29, 1.82) is 0 Å². The second-order valence-electron chi connectivity index (χ2n) is 5.02. The molecule has 1 fully saturated rings. The van der Waals surface area contributed by atoms with Gasteiger partial charge in [0.1, 0.15) is 0 Å². The van der Waals surface area contributed by atoms with Gasteiger partial charge in [0.25, 0.3) is 0 Å². The first kappa shape index (κ1) is 14.0. The van der Waals surface area contributed by atoms with Gasteiger partial charge in [-0.25, -0.2) is 0 Å². The maximum atomic E-state index is 11.2. The van der Waals surface area contributed by atoms with Crippen molar-refractivity contribution >= 4 is 5.97 Å². The molecule has 0 bridgehead atoms. The molecule has 0 amide bonds. The summed E-state index contributed by atoms with van der Waals surface area (Å²) in [7, 11) is 1.39. The molecule has 2 unspecified atom stereocenters. The van der Waals surface area contributed by atoms with E-state index in [0.29, 0.717) is 18.9 Å². The van der Waals surface area contributed by atoms with Gasteiger partial charge in [-0.1, -0.05) is 30.3 Å². The summed E-state index contributed by atoms with van der Waals surface area (Å²) >= 11 is 0. The highest BCUT2D eigenvalue weighted by Crippen LogP contribution is 2.26. The number of benzene rings is 1. The van der Waals surface area contributed by atoms with Gasteiger partial charge in [-0.15, -0.1) is 0 Å². The Morgan fingerprint density at radius 2 is 2.11 bits per heavy atom. The number of aliphatic hydroxyl groups excluding tert-OH is 1. The number of aliphatic hydroxyl groups is 1. The number of hydrogen-bond acceptors (Lipinski definition) is 4. The van der Waals surface area contributed by atoms with E-state index in [4.69, 9.17) is 0 Å². The molecule has 2 atom stereocenters. The largest absolute Gasteiger partial charge is 0.469 e. The molecule has 0 heterocycles. The van der Waals surface area contributed by atoms with Crippen molar-refractivity contribution in [1.82, 2.24) is 5.32 Å². The van der Waals surface area contributed by atoms with Gasteiger partial charge < -0.3 is 15.2 Å². The van der Waals surface area contributed by atoms with Crippen LogP contribution in [0.2, 0.25) is 0 Å². The van der Waals surface area contributed by atoms with Crippen LogP contribution in [-0.2, 0) is 9.53 Å². The maximum absolute atomic E-state index is 11.2. The van der Waals surface area contributed by atoms with Crippen molar-refractivity contribution in [2.24, 2.45) is 0 Å². The third-order valence-electron chi connectivity index (χ3n) is 3.44. The quantitative estimate of drug-likeness (QED) is 0.736. The lowest BCUT2D eigenvalue weighted by Crippen LogP contribution is -2.37. The predicted octanol–water partition coefficient (Wildman–Crippen LogP) is 1.79. The molecule has 104 valence electrons. The minimum absolute atomic E-state index is 0.103. The topological polar surface area (TPSA) is 58.6 Å². The lowest BCUT2D eigenvalue weighted by molar-refractivity contribution is -0.141. The molecule has 2 N–H and O–H groups in total. The number of ether oxygens (including phenoxy) is 1. The molecule has 0 saturated heterocycles. The summed E-state index contributed by atoms with van der Waals surface area (Å²) in [5.74, 6) is -0.233. The molecule has 0 spiro atoms. The third kappa shape index (κ3) is 4.33. The van der Waals surface area contributed by atoms with Crippen LogP contribution in [0.15, 0.2) is 30.3 Å². The molecule has 4 nitrogen and oxygen atoms in total. The zero-order chi connectivity index (χ0) is 13.7. The fourth-order valence-electron chi connectivity index (χ4n) is 2.14. The summed E-state index contributed by atoms with van der Waals surface area (Å²) in [5.41, 5.74) is 0.880. The number of rotatable bonds is 7. The van der Waals surface area contributed by atoms with E-state index in [2.05, 4.69) is 10.1 Å². The van der Waals surface area contributed by atoms with Crippen LogP contribution < -0.4 is 5.32 Å². The van der Waals surface area contributed by atoms with E-state index < -0.39 is 6.10 Å². The lowest BCUT2D eigenvalue weighted by Gasteiger charge is -2.24. The van der Waals surface area contributed by atoms with Crippen molar-refractivity contribution in [3.63, 3.8) is 0 Å². The van der Waals surface area contributed by atoms with Crippen LogP contribution in [-0.4, -0.2) is 30.3 Å². The molecule has 0 aliphatic heterocycles. The van der Waals surface area contributed by atoms with E-state index >= 15 is 0 Å². The first-order chi connectivity index (χ1) is 9.20. The van der Waals surface area contributed by atoms with Crippen molar-refractivity contribution in [2.45, 2.75) is 43.9 Å². The molecular weight excluding hydrogens is 242 g/mol. The Balaban J connectivity index is 1.97. The highest BCUT2D eigenvalue weighted by atomic mass is 16.5. The normalized spacial score (nSPS) is 17.8. The molecule has 2 rings (SSSR count). The number of nitrogens with one attached hydrogen (secondary N) is 1. The molecule has 0 radical (unpaired) electrons. The smallest absolute Gasteiger partial charge is 0.305 e. The second-order valence-corrected chi connectivity index (χ2v) is 5.02. The zero-order valence-corrected chi connectivity index (χ0v) is 11.2. The van der Waals surface area contributed by atoms with Crippen LogP contribution in [0.5, 0.6) is 0 Å². The highest BCUT2D eigenvalue weighted by molar-refractivity contribution is 5.69. The summed E-state index contributed by atoms with van der Waals surface area (Å²) < 4.78 is 4.66. The molecule has 1 saturated carbocycles. The van der Waals surface area contributed by atoms with Crippen LogP contribution in [0.3, 0.4) is 0 Å². The van der Waals surface area contributed by atoms with Gasteiger partial charge in [0.15, 0.2) is 0 Å². The van der Waals surface area contributed by atoms with Crippen LogP contribution in [0.4, 0.5) is 0 Å². The summed E-state index contributed by atoms with van der Waals surface area (Å²) in [6.45, 7) is 0. The van der Waals surface area contributed by atoms with Gasteiger partial charge in [-0.05, 0) is 24.8 Å². The van der Waals surface area contributed by atoms with Crippen molar-refractivity contribution in [3.05, 3.63) is 35.9 Å². The van der Waals surface area contributed by atoms with E-state index in [-0.39, 0.29) is 12.0 Å². The van der Waals surface area contributed by atoms with Gasteiger partial charge in [0.05, 0.1) is 13.2 Å². The number of esters is 1. The Labute approximate surface area is 113 Å². The van der Waals surface area contributed by atoms with E-state index in [9.17, 15) is 9.90 Å². The summed E-state index contributed by atoms with van der Waals surface area (Å²) in [4.78, 5) is 11.2. The molecule has 19 heavy (non-hydrogen) atoms. The van der Waals surface area contributed by atoms with Crippen molar-refractivity contribution < 1.29 is 14.6 Å². The predicted molar refractivity (Wildman–Crippen MR) is 72.6 cm³/mol. The van der Waals surface area contributed by atoms with Crippen LogP contribution in [0, 0.1) is 0 Å². The fraction of sp³-hybridized carbons (Fsp3) is 0.533. The lowest BCUT2D eigenvalue weighted by atomic mass is 9.98. The molecule has 1 aromatic carbocycles. The zero-order valence-electron chi connectivity index (χ0n) is 11.2. The third-order valence-corrected chi connectivity index (χ3v) is 3.44. The number of hydrogen-bond donors (Lipinski definition) is 2. The molecule has 0 aromatic heterocycles. The Morgan fingerprint density at radius 3 is 2.68 bits per heavy atom. The van der Waals surface area contributed by atoms with Crippen molar-refractivity contribution in [2.75, 3.05) is 7.11 Å².